The van der Waals surface area contributed by atoms with E-state index in [1.807, 2.05) is 6.07 Å². The lowest BCUT2D eigenvalue weighted by Crippen LogP contribution is -2.39. The van der Waals surface area contributed by atoms with Gasteiger partial charge in [-0.2, -0.15) is 0 Å². The highest BCUT2D eigenvalue weighted by atomic mass is 32.2. The van der Waals surface area contributed by atoms with Crippen LogP contribution in [0.4, 0.5) is 5.95 Å². The smallest absolute Gasteiger partial charge is 0.204 e. The highest BCUT2D eigenvalue weighted by Crippen LogP contribution is 2.27. The summed E-state index contributed by atoms with van der Waals surface area (Å²) in [5.74, 6) is 0.933. The van der Waals surface area contributed by atoms with Gasteiger partial charge in [0, 0.05) is 12.9 Å². The molecule has 136 valence electrons. The molecule has 1 aromatic heterocycles. The van der Waals surface area contributed by atoms with Gasteiger partial charge >= 0.3 is 0 Å². The number of anilines is 1. The summed E-state index contributed by atoms with van der Waals surface area (Å²) >= 11 is 1.74. The fraction of sp³-hybridized carbons (Fsp3) is 0.278. The van der Waals surface area contributed by atoms with Gasteiger partial charge in [-0.1, -0.05) is 30.3 Å². The molecule has 0 bridgehead atoms. The lowest BCUT2D eigenvalue weighted by atomic mass is 10.1. The number of ether oxygens (including phenoxy) is 1. The molecule has 6 nitrogen and oxygen atoms in total. The van der Waals surface area contributed by atoms with Gasteiger partial charge in [-0.3, -0.25) is 0 Å². The number of morpholine rings is 1. The molecule has 1 fully saturated rings. The third-order valence-corrected chi connectivity index (χ3v) is 4.94. The summed E-state index contributed by atoms with van der Waals surface area (Å²) < 4.78 is 5.94. The normalized spacial score (nSPS) is 17.0. The van der Waals surface area contributed by atoms with Gasteiger partial charge in [-0.05, 0) is 30.0 Å². The van der Waals surface area contributed by atoms with Crippen LogP contribution in [0, 0.1) is 0 Å². The second kappa shape index (κ2) is 8.35. The molecule has 0 radical (unpaired) electrons. The number of hydrogen-bond acceptors (Lipinski definition) is 4. The van der Waals surface area contributed by atoms with Crippen molar-refractivity contribution in [3.8, 4) is 0 Å². The fourth-order valence-corrected chi connectivity index (χ4v) is 3.40. The Labute approximate surface area is 152 Å². The number of thioether (sulfide) groups is 1. The summed E-state index contributed by atoms with van der Waals surface area (Å²) in [6.45, 7) is 2.39. The van der Waals surface area contributed by atoms with Gasteiger partial charge in [0.05, 0.1) is 24.2 Å². The van der Waals surface area contributed by atoms with Crippen molar-refractivity contribution in [2.75, 3.05) is 30.9 Å². The number of nitrogens with one attached hydrogen (secondary N) is 1. The molecule has 1 atom stereocenters. The van der Waals surface area contributed by atoms with E-state index in [-0.39, 0.29) is 18.5 Å². The molecule has 1 saturated heterocycles. The van der Waals surface area contributed by atoms with E-state index in [0.717, 1.165) is 30.1 Å². The van der Waals surface area contributed by atoms with E-state index in [2.05, 4.69) is 58.6 Å². The van der Waals surface area contributed by atoms with Gasteiger partial charge in [0.1, 0.15) is 6.10 Å². The molecule has 1 aliphatic rings. The van der Waals surface area contributed by atoms with Crippen LogP contribution in [0.1, 0.15) is 13.1 Å². The maximum absolute atomic E-state index is 5.94. The van der Waals surface area contributed by atoms with Crippen molar-refractivity contribution in [3.63, 3.8) is 0 Å². The number of nitrogens with zero attached hydrogens (tertiary/aromatic N) is 2. The van der Waals surface area contributed by atoms with Crippen LogP contribution in [-0.2, 0) is 4.74 Å². The number of aromatic nitrogens is 2. The van der Waals surface area contributed by atoms with Crippen molar-refractivity contribution < 1.29 is 17.1 Å². The van der Waals surface area contributed by atoms with E-state index in [4.69, 9.17) is 9.72 Å². The Hall–Kier alpha value is -2.06. The Kier molecular flexibility index (Phi) is 6.44. The lowest BCUT2D eigenvalue weighted by Gasteiger charge is -2.32. The summed E-state index contributed by atoms with van der Waals surface area (Å²) in [6.07, 6.45) is 2.19. The molecule has 2 aromatic carbocycles. The zero-order valence-electron chi connectivity index (χ0n) is 14.0. The van der Waals surface area contributed by atoms with Crippen LogP contribution in [0.5, 0.6) is 0 Å². The average Bonchev–Trinajstić information content (AvgIpc) is 3.06. The summed E-state index contributed by atoms with van der Waals surface area (Å²) in [6, 6.07) is 16.7. The Balaban J connectivity index is 0.00000113. The first-order chi connectivity index (χ1) is 11.3. The number of imidazole rings is 1. The lowest BCUT2D eigenvalue weighted by molar-refractivity contribution is 0.0393. The zero-order valence-corrected chi connectivity index (χ0v) is 14.8. The third-order valence-electron chi connectivity index (χ3n) is 4.21. The maximum atomic E-state index is 5.94. The van der Waals surface area contributed by atoms with Gasteiger partial charge in [0.15, 0.2) is 0 Å². The van der Waals surface area contributed by atoms with E-state index >= 15 is 0 Å². The van der Waals surface area contributed by atoms with Gasteiger partial charge in [0.25, 0.3) is 0 Å². The zero-order chi connectivity index (χ0) is 15.6. The summed E-state index contributed by atoms with van der Waals surface area (Å²) in [4.78, 5) is 11.7. The van der Waals surface area contributed by atoms with Crippen molar-refractivity contribution in [2.45, 2.75) is 11.0 Å². The highest BCUT2D eigenvalue weighted by molar-refractivity contribution is 7.98. The molecule has 5 N–H and O–H groups in total. The standard InChI is InChI=1S/C18H19N3OS.2H2O.H2/c1-23-14-7-8-15-16(11-14)20-18(19-15)21-9-10-22-17(12-21)13-5-3-2-4-6-13;;;/h2-8,11,17H,9-10,12H2,1H3,(H,19,20);2*1H2;1H. The molecule has 4 rings (SSSR count). The summed E-state index contributed by atoms with van der Waals surface area (Å²) in [7, 11) is 0. The van der Waals surface area contributed by atoms with Crippen LogP contribution in [0.2, 0.25) is 0 Å². The highest BCUT2D eigenvalue weighted by Gasteiger charge is 2.23. The number of rotatable bonds is 3. The number of H-pyrrole nitrogens is 1. The van der Waals surface area contributed by atoms with Gasteiger partial charge in [-0.15, -0.1) is 11.8 Å². The molecule has 0 aliphatic carbocycles. The van der Waals surface area contributed by atoms with Crippen LogP contribution < -0.4 is 4.90 Å². The van der Waals surface area contributed by atoms with Gasteiger partial charge in [0.2, 0.25) is 5.95 Å². The second-order valence-corrected chi connectivity index (χ2v) is 6.54. The average molecular weight is 363 g/mol. The third kappa shape index (κ3) is 3.96. The minimum absolute atomic E-state index is 0. The monoisotopic (exact) mass is 363 g/mol. The van der Waals surface area contributed by atoms with E-state index in [9.17, 15) is 0 Å². The van der Waals surface area contributed by atoms with E-state index in [0.29, 0.717) is 6.61 Å². The number of fused-ring (bicyclic) bond motifs is 1. The van der Waals surface area contributed by atoms with Crippen molar-refractivity contribution in [1.29, 1.82) is 0 Å². The molecule has 0 saturated carbocycles. The molecule has 25 heavy (non-hydrogen) atoms. The SMILES string of the molecule is CSc1ccc2nc(N3CCOC(c4ccccc4)C3)[nH]c2c1.O.O.[HH]. The first-order valence-corrected chi connectivity index (χ1v) is 9.01. The minimum atomic E-state index is 0. The quantitative estimate of drug-likeness (QED) is 0.722. The van der Waals surface area contributed by atoms with Crippen LogP contribution in [-0.4, -0.2) is 46.9 Å². The van der Waals surface area contributed by atoms with Crippen molar-refractivity contribution in [2.24, 2.45) is 0 Å². The topological polar surface area (TPSA) is 104 Å². The molecule has 0 amide bonds. The molecule has 1 aliphatic heterocycles. The van der Waals surface area contributed by atoms with Crippen LogP contribution in [0.3, 0.4) is 0 Å². The van der Waals surface area contributed by atoms with Crippen LogP contribution in [0.25, 0.3) is 11.0 Å². The van der Waals surface area contributed by atoms with Gasteiger partial charge in [-0.25, -0.2) is 4.98 Å². The maximum Gasteiger partial charge on any atom is 0.204 e. The van der Waals surface area contributed by atoms with E-state index in [1.165, 1.54) is 10.5 Å². The summed E-state index contributed by atoms with van der Waals surface area (Å²) in [5.41, 5.74) is 3.33. The molecular weight excluding hydrogens is 338 g/mol. The predicted molar refractivity (Wildman–Crippen MR) is 105 cm³/mol. The molecule has 2 heterocycles. The minimum Gasteiger partial charge on any atom is -0.412 e. The van der Waals surface area contributed by atoms with E-state index in [1.54, 1.807) is 11.8 Å². The number of aromatic amines is 1. The molecule has 1 unspecified atom stereocenters. The molecular formula is C18H25N3O3S. The van der Waals surface area contributed by atoms with Crippen LogP contribution in [0.15, 0.2) is 53.4 Å². The van der Waals surface area contributed by atoms with E-state index < -0.39 is 0 Å². The predicted octanol–water partition coefficient (Wildman–Crippen LogP) is 2.46. The molecule has 3 aromatic rings. The fourth-order valence-electron chi connectivity index (χ4n) is 2.96. The largest absolute Gasteiger partial charge is 0.412 e. The van der Waals surface area contributed by atoms with Crippen molar-refractivity contribution in [3.05, 3.63) is 54.1 Å². The Morgan fingerprint density at radius 3 is 2.76 bits per heavy atom. The van der Waals surface area contributed by atoms with Crippen LogP contribution >= 0.6 is 11.8 Å². The second-order valence-electron chi connectivity index (χ2n) is 5.66. The van der Waals surface area contributed by atoms with Crippen molar-refractivity contribution in [1.82, 2.24) is 9.97 Å². The Morgan fingerprint density at radius 2 is 2.00 bits per heavy atom. The molecule has 0 spiro atoms. The molecule has 7 heteroatoms. The first-order valence-electron chi connectivity index (χ1n) is 7.79. The Morgan fingerprint density at radius 1 is 1.20 bits per heavy atom. The Bertz CT molecular complexity index is 816. The number of hydrogen-bond donors (Lipinski definition) is 1. The van der Waals surface area contributed by atoms with Crippen molar-refractivity contribution >= 4 is 28.7 Å². The van der Waals surface area contributed by atoms with Gasteiger partial charge < -0.3 is 25.6 Å². The first kappa shape index (κ1) is 19.3. The number of benzene rings is 2. The summed E-state index contributed by atoms with van der Waals surface area (Å²) in [5, 5.41) is 0.